The van der Waals surface area contributed by atoms with Gasteiger partial charge in [0.05, 0.1) is 62.4 Å². The quantitative estimate of drug-likeness (QED) is 0.0758. The second kappa shape index (κ2) is 31.5. The third-order valence-electron chi connectivity index (χ3n) is 11.3. The summed E-state index contributed by atoms with van der Waals surface area (Å²) in [6, 6.07) is 5.15. The van der Waals surface area contributed by atoms with Crippen molar-refractivity contribution >= 4 is 42.0 Å². The number of benzene rings is 3. The van der Waals surface area contributed by atoms with Crippen LogP contribution in [0.15, 0.2) is 32.9 Å². The van der Waals surface area contributed by atoms with Crippen LogP contribution in [0.1, 0.15) is 70.8 Å². The Kier molecular flexibility index (Phi) is 29.6. The molecule has 0 aliphatic carbocycles. The minimum Gasteiger partial charge on any atom is -0.496 e. The van der Waals surface area contributed by atoms with Crippen molar-refractivity contribution in [1.29, 1.82) is 0 Å². The predicted octanol–water partition coefficient (Wildman–Crippen LogP) is 4.37. The number of hydrogen-bond acceptors (Lipinski definition) is 17. The molecule has 0 atom stereocenters. The van der Waals surface area contributed by atoms with Gasteiger partial charge in [-0.1, -0.05) is 0 Å². The molecule has 21 nitrogen and oxygen atoms in total. The highest BCUT2D eigenvalue weighted by Gasteiger charge is 2.29. The molecule has 0 spiro atoms. The summed E-state index contributed by atoms with van der Waals surface area (Å²) >= 11 is 0. The number of rotatable bonds is 23. The summed E-state index contributed by atoms with van der Waals surface area (Å²) in [5.41, 5.74) is 5.63. The highest BCUT2D eigenvalue weighted by molar-refractivity contribution is 7.89. The number of carboxylic acids is 1. The number of likely N-dealkylation sites (N-methyl/N-ethyl adjacent to an activating group) is 4. The Bertz CT molecular complexity index is 2650. The van der Waals surface area contributed by atoms with E-state index >= 15 is 0 Å². The first kappa shape index (κ1) is 69.5. The second-order valence-corrected chi connectivity index (χ2v) is 24.0. The molecule has 424 valence electrons. The van der Waals surface area contributed by atoms with Gasteiger partial charge in [-0.15, -0.1) is 0 Å². The van der Waals surface area contributed by atoms with E-state index in [1.54, 1.807) is 109 Å². The van der Waals surface area contributed by atoms with Gasteiger partial charge in [0, 0.05) is 47.3 Å². The number of carbonyl (C=O) groups is 2. The number of aliphatic carboxylic acids is 1. The van der Waals surface area contributed by atoms with Gasteiger partial charge in [0.25, 0.3) is 0 Å². The van der Waals surface area contributed by atoms with Crippen LogP contribution in [0.5, 0.6) is 17.2 Å². The van der Waals surface area contributed by atoms with Gasteiger partial charge in [-0.3, -0.25) is 0 Å². The first-order valence-corrected chi connectivity index (χ1v) is 27.7. The largest absolute Gasteiger partial charge is 0.496 e. The maximum absolute atomic E-state index is 13.0. The van der Waals surface area contributed by atoms with Crippen LogP contribution >= 0.6 is 0 Å². The van der Waals surface area contributed by atoms with Gasteiger partial charge < -0.3 is 49.1 Å². The molecule has 3 aromatic rings. The number of nitrogens with zero attached hydrogens (tertiary/aromatic N) is 3. The van der Waals surface area contributed by atoms with Gasteiger partial charge >= 0.3 is 11.9 Å². The number of carboxylic acid groups (broad SMARTS) is 1. The summed E-state index contributed by atoms with van der Waals surface area (Å²) in [4.78, 5) is 22.8. The molecule has 0 radical (unpaired) electrons. The monoisotopic (exact) mass is 1110 g/mol. The summed E-state index contributed by atoms with van der Waals surface area (Å²) in [6.45, 7) is 21.7. The van der Waals surface area contributed by atoms with Crippen LogP contribution in [-0.2, 0) is 53.9 Å². The van der Waals surface area contributed by atoms with E-state index in [-0.39, 0.29) is 62.5 Å². The van der Waals surface area contributed by atoms with Gasteiger partial charge in [0.2, 0.25) is 30.1 Å². The molecular weight excluding hydrogens is 1020 g/mol. The van der Waals surface area contributed by atoms with Crippen molar-refractivity contribution in [3.63, 3.8) is 0 Å². The fraction of sp³-hybridized carbons (Fsp3) is 0.600. The number of hydrogen-bond donors (Lipinski definition) is 4. The van der Waals surface area contributed by atoms with Crippen molar-refractivity contribution in [3.05, 3.63) is 68.3 Å². The van der Waals surface area contributed by atoms with Crippen LogP contribution in [0.2, 0.25) is 0 Å². The van der Waals surface area contributed by atoms with Gasteiger partial charge in [0.15, 0.2) is 0 Å². The van der Waals surface area contributed by atoms with E-state index in [0.717, 1.165) is 25.3 Å². The molecule has 0 amide bonds. The first-order valence-electron chi connectivity index (χ1n) is 23.4. The Labute approximate surface area is 441 Å². The number of sulfonamides is 3. The van der Waals surface area contributed by atoms with Crippen LogP contribution in [0.4, 0.5) is 0 Å². The molecule has 4 N–H and O–H groups in total. The van der Waals surface area contributed by atoms with Gasteiger partial charge in [-0.05, 0) is 158 Å². The van der Waals surface area contributed by atoms with Crippen molar-refractivity contribution in [3.8, 4) is 17.2 Å². The molecule has 3 aromatic carbocycles. The number of ether oxygens (including phenoxy) is 6. The van der Waals surface area contributed by atoms with Crippen molar-refractivity contribution in [2.75, 3.05) is 115 Å². The molecule has 0 saturated carbocycles. The van der Waals surface area contributed by atoms with Crippen molar-refractivity contribution < 1.29 is 78.6 Å². The standard InChI is InChI=1S/C19H31NO6S.C15H23NO6S.C13H21NO4S.C3H9NO/c1-13-11-16(24-8)14(2)15(3)18(13)27(22,23)20(7)9-10-25-12-17(21)26-19(4,5)6;1-10-8-13(21-5)11(2)12(3)15(10)23(19,20)16(4)6-7-22-9-14(17)18;1-9-8-12(18-5)10(2)11(3)13(9)19(16,17)14(4)6-7-15;1-4-2-3-5/h11H,9-10,12H2,1-8H3;8H,6-7,9H2,1-5H3,(H,17,18);8,15H,6-7H2,1-5H3;4-5H,2-3H2,1H3. The van der Waals surface area contributed by atoms with Gasteiger partial charge in [-0.2, -0.15) is 12.9 Å². The number of methoxy groups -OCH3 is 3. The highest BCUT2D eigenvalue weighted by Crippen LogP contribution is 2.34. The highest BCUT2D eigenvalue weighted by atomic mass is 32.2. The third-order valence-corrected chi connectivity index (χ3v) is 17.8. The Morgan fingerprint density at radius 1 is 0.541 bits per heavy atom. The smallest absolute Gasteiger partial charge is 0.332 e. The predicted molar refractivity (Wildman–Crippen MR) is 284 cm³/mol. The minimum atomic E-state index is -3.70. The van der Waals surface area contributed by atoms with E-state index in [4.69, 9.17) is 43.7 Å². The number of esters is 1. The van der Waals surface area contributed by atoms with Crippen LogP contribution in [0.3, 0.4) is 0 Å². The number of carbonyl (C=O) groups excluding carboxylic acids is 1. The Morgan fingerprint density at radius 2 is 0.851 bits per heavy atom. The van der Waals surface area contributed by atoms with Crippen molar-refractivity contribution in [2.45, 2.75) is 103 Å². The summed E-state index contributed by atoms with van der Waals surface area (Å²) in [5.74, 6) is 0.413. The molecule has 74 heavy (non-hydrogen) atoms. The molecule has 0 bridgehead atoms. The topological polar surface area (TPSA) is 274 Å². The van der Waals surface area contributed by atoms with E-state index in [1.807, 2.05) is 20.8 Å². The first-order chi connectivity index (χ1) is 34.1. The van der Waals surface area contributed by atoms with E-state index in [9.17, 15) is 34.8 Å². The van der Waals surface area contributed by atoms with Crippen LogP contribution in [0.25, 0.3) is 0 Å². The fourth-order valence-corrected chi connectivity index (χ4v) is 11.9. The summed E-state index contributed by atoms with van der Waals surface area (Å²) in [6.07, 6.45) is 0. The van der Waals surface area contributed by atoms with Crippen molar-refractivity contribution in [2.24, 2.45) is 0 Å². The van der Waals surface area contributed by atoms with E-state index in [0.29, 0.717) is 62.1 Å². The molecule has 24 heteroatoms. The molecule has 0 heterocycles. The summed E-state index contributed by atoms with van der Waals surface area (Å²) in [5, 5.41) is 28.2. The van der Waals surface area contributed by atoms with E-state index < -0.39 is 54.2 Å². The zero-order valence-electron chi connectivity index (χ0n) is 46.9. The Morgan fingerprint density at radius 3 is 1.09 bits per heavy atom. The third kappa shape index (κ3) is 20.2. The zero-order valence-corrected chi connectivity index (χ0v) is 49.4. The lowest BCUT2D eigenvalue weighted by Crippen LogP contribution is -2.32. The number of nitrogens with one attached hydrogen (secondary N) is 1. The minimum absolute atomic E-state index is 0.00919. The van der Waals surface area contributed by atoms with Crippen molar-refractivity contribution in [1.82, 2.24) is 18.2 Å². The van der Waals surface area contributed by atoms with Gasteiger partial charge in [-0.25, -0.2) is 34.8 Å². The summed E-state index contributed by atoms with van der Waals surface area (Å²) < 4.78 is 111. The molecular formula is C50H84N4O17S3. The molecule has 3 rings (SSSR count). The molecule has 0 aromatic heterocycles. The Balaban J connectivity index is 0.00000104. The lowest BCUT2D eigenvalue weighted by Gasteiger charge is -2.22. The molecule has 0 saturated heterocycles. The number of aliphatic hydroxyl groups is 2. The lowest BCUT2D eigenvalue weighted by atomic mass is 10.1. The van der Waals surface area contributed by atoms with Crippen LogP contribution in [-0.4, -0.2) is 186 Å². The molecule has 0 aliphatic heterocycles. The number of aliphatic hydroxyl groups excluding tert-OH is 2. The Hall–Kier alpha value is -4.47. The van der Waals surface area contributed by atoms with Crippen LogP contribution < -0.4 is 19.5 Å². The lowest BCUT2D eigenvalue weighted by molar-refractivity contribution is -0.160. The van der Waals surface area contributed by atoms with Gasteiger partial charge in [0.1, 0.15) is 36.1 Å². The fourth-order valence-electron chi connectivity index (χ4n) is 7.04. The van der Waals surface area contributed by atoms with E-state index in [1.165, 1.54) is 25.4 Å². The average molecular weight is 1110 g/mol. The normalized spacial score (nSPS) is 11.8. The van der Waals surface area contributed by atoms with E-state index in [2.05, 4.69) is 5.32 Å². The SMILES string of the molecule is CNCCO.COc1cc(C)c(S(=O)(=O)N(C)CCO)c(C)c1C.COc1cc(C)c(S(=O)(=O)N(C)CCOCC(=O)O)c(C)c1C.COc1cc(C)c(S(=O)(=O)N(C)CCOCC(=O)OC(C)(C)C)c(C)c1C. The molecule has 0 fully saturated rings. The maximum atomic E-state index is 13.0. The van der Waals surface area contributed by atoms with Crippen LogP contribution in [0, 0.1) is 62.3 Å². The molecule has 0 unspecified atom stereocenters. The number of aryl methyl sites for hydroxylation is 3. The summed E-state index contributed by atoms with van der Waals surface area (Å²) in [7, 11) is -0.124. The molecule has 0 aliphatic rings. The second-order valence-electron chi connectivity index (χ2n) is 18.0. The zero-order chi connectivity index (χ0) is 57.7. The maximum Gasteiger partial charge on any atom is 0.332 e. The average Bonchev–Trinajstić information content (AvgIpc) is 3.30.